The first-order chi connectivity index (χ1) is 13.4. The van der Waals surface area contributed by atoms with Crippen molar-refractivity contribution < 1.29 is 23.1 Å². The number of hydrogen-bond acceptors (Lipinski definition) is 6. The molecule has 2 amide bonds. The highest BCUT2D eigenvalue weighted by Crippen LogP contribution is 2.26. The first kappa shape index (κ1) is 19.6. The van der Waals surface area contributed by atoms with Gasteiger partial charge in [0, 0.05) is 0 Å². The van der Waals surface area contributed by atoms with Crippen LogP contribution in [0.3, 0.4) is 0 Å². The van der Waals surface area contributed by atoms with Crippen LogP contribution in [0.25, 0.3) is 10.8 Å². The molecule has 0 saturated carbocycles. The number of carbonyl (C=O) groups excluding carboxylic acids is 2. The van der Waals surface area contributed by atoms with Crippen molar-refractivity contribution in [3.8, 4) is 16.5 Å². The molecule has 1 unspecified atom stereocenters. The van der Waals surface area contributed by atoms with E-state index in [1.165, 1.54) is 42.5 Å². The molecular weight excluding hydrogens is 385 g/mol. The molecule has 9 heteroatoms. The number of benzene rings is 1. The molecule has 1 aromatic carbocycles. The second-order valence-electron chi connectivity index (χ2n) is 5.93. The molecule has 0 fully saturated rings. The van der Waals surface area contributed by atoms with E-state index in [0.29, 0.717) is 23.1 Å². The zero-order chi connectivity index (χ0) is 20.1. The Labute approximate surface area is 164 Å². The van der Waals surface area contributed by atoms with Gasteiger partial charge in [0.2, 0.25) is 11.8 Å². The predicted octanol–water partition coefficient (Wildman–Crippen LogP) is 3.01. The molecule has 2 heterocycles. The second-order valence-corrected chi connectivity index (χ2v) is 6.88. The van der Waals surface area contributed by atoms with Crippen molar-refractivity contribution in [1.29, 1.82) is 0 Å². The van der Waals surface area contributed by atoms with Crippen LogP contribution in [0, 0.1) is 12.7 Å². The smallest absolute Gasteiger partial charge is 0.279 e. The standard InChI is InChI=1S/C19H18FN3O4S/c1-11-15(21-19(27-11)16-4-3-9-28-16)10-17(24)22-23-18(25)12(2)26-14-7-5-13(20)6-8-14/h3-9,12H,10H2,1-2H3,(H,22,24)(H,23,25). The van der Waals surface area contributed by atoms with Gasteiger partial charge in [0.25, 0.3) is 5.91 Å². The Morgan fingerprint density at radius 3 is 2.68 bits per heavy atom. The highest BCUT2D eigenvalue weighted by atomic mass is 32.1. The molecule has 1 atom stereocenters. The van der Waals surface area contributed by atoms with Gasteiger partial charge in [-0.1, -0.05) is 6.07 Å². The fourth-order valence-corrected chi connectivity index (χ4v) is 2.95. The highest BCUT2D eigenvalue weighted by Gasteiger charge is 2.18. The molecule has 2 N–H and O–H groups in total. The topological polar surface area (TPSA) is 93.5 Å². The zero-order valence-electron chi connectivity index (χ0n) is 15.2. The Hall–Kier alpha value is -3.20. The van der Waals surface area contributed by atoms with Crippen LogP contribution in [0.1, 0.15) is 18.4 Å². The summed E-state index contributed by atoms with van der Waals surface area (Å²) in [6.07, 6.45) is -0.932. The van der Waals surface area contributed by atoms with Crippen LogP contribution in [-0.2, 0) is 16.0 Å². The Morgan fingerprint density at radius 2 is 2.00 bits per heavy atom. The number of ether oxygens (including phenoxy) is 1. The van der Waals surface area contributed by atoms with Gasteiger partial charge in [-0.15, -0.1) is 11.3 Å². The van der Waals surface area contributed by atoms with Gasteiger partial charge >= 0.3 is 0 Å². The van der Waals surface area contributed by atoms with Crippen LogP contribution in [0.15, 0.2) is 46.2 Å². The van der Waals surface area contributed by atoms with Gasteiger partial charge in [-0.05, 0) is 49.6 Å². The van der Waals surface area contributed by atoms with Gasteiger partial charge in [-0.25, -0.2) is 9.37 Å². The van der Waals surface area contributed by atoms with Crippen molar-refractivity contribution in [2.24, 2.45) is 0 Å². The Kier molecular flexibility index (Phi) is 6.05. The first-order valence-corrected chi connectivity index (χ1v) is 9.31. The molecule has 2 aromatic heterocycles. The Morgan fingerprint density at radius 1 is 1.25 bits per heavy atom. The molecule has 0 bridgehead atoms. The van der Waals surface area contributed by atoms with Crippen LogP contribution in [-0.4, -0.2) is 22.9 Å². The number of thiophene rings is 1. The largest absolute Gasteiger partial charge is 0.481 e. The van der Waals surface area contributed by atoms with Crippen LogP contribution in [0.2, 0.25) is 0 Å². The molecule has 146 valence electrons. The third kappa shape index (κ3) is 4.95. The maximum Gasteiger partial charge on any atom is 0.279 e. The van der Waals surface area contributed by atoms with E-state index < -0.39 is 23.7 Å². The molecule has 3 rings (SSSR count). The zero-order valence-corrected chi connectivity index (χ0v) is 16.0. The summed E-state index contributed by atoms with van der Waals surface area (Å²) in [5, 5.41) is 1.91. The van der Waals surface area contributed by atoms with Crippen molar-refractivity contribution >= 4 is 23.2 Å². The molecule has 0 aliphatic rings. The van der Waals surface area contributed by atoms with Crippen LogP contribution in [0.5, 0.6) is 5.75 Å². The molecule has 0 saturated heterocycles. The van der Waals surface area contributed by atoms with E-state index in [2.05, 4.69) is 15.8 Å². The van der Waals surface area contributed by atoms with Gasteiger partial charge in [0.15, 0.2) is 6.10 Å². The summed E-state index contributed by atoms with van der Waals surface area (Å²) in [5.41, 5.74) is 5.11. The summed E-state index contributed by atoms with van der Waals surface area (Å²) < 4.78 is 23.9. The molecule has 0 radical (unpaired) electrons. The number of oxazole rings is 1. The highest BCUT2D eigenvalue weighted by molar-refractivity contribution is 7.13. The lowest BCUT2D eigenvalue weighted by Gasteiger charge is -2.15. The molecular formula is C19H18FN3O4S. The quantitative estimate of drug-likeness (QED) is 0.617. The number of nitrogens with one attached hydrogen (secondary N) is 2. The van der Waals surface area contributed by atoms with Crippen molar-refractivity contribution in [2.45, 2.75) is 26.4 Å². The summed E-state index contributed by atoms with van der Waals surface area (Å²) in [5.74, 6) is -0.0550. The van der Waals surface area contributed by atoms with E-state index in [0.717, 1.165) is 4.88 Å². The number of halogens is 1. The van der Waals surface area contributed by atoms with E-state index in [1.54, 1.807) is 6.92 Å². The lowest BCUT2D eigenvalue weighted by Crippen LogP contribution is -2.47. The third-order valence-corrected chi connectivity index (χ3v) is 4.63. The minimum absolute atomic E-state index is 0.0474. The normalized spacial score (nSPS) is 11.7. The lowest BCUT2D eigenvalue weighted by atomic mass is 10.2. The minimum atomic E-state index is -0.884. The van der Waals surface area contributed by atoms with Gasteiger partial charge < -0.3 is 9.15 Å². The fraction of sp³-hybridized carbons (Fsp3) is 0.211. The van der Waals surface area contributed by atoms with Crippen molar-refractivity contribution in [3.63, 3.8) is 0 Å². The number of aromatic nitrogens is 1. The molecule has 0 aliphatic heterocycles. The van der Waals surface area contributed by atoms with E-state index in [1.807, 2.05) is 17.5 Å². The van der Waals surface area contributed by atoms with Gasteiger partial charge in [0.05, 0.1) is 17.0 Å². The molecule has 0 aliphatic carbocycles. The molecule has 28 heavy (non-hydrogen) atoms. The maximum absolute atomic E-state index is 12.9. The summed E-state index contributed by atoms with van der Waals surface area (Å²) in [4.78, 5) is 29.3. The van der Waals surface area contributed by atoms with E-state index in [-0.39, 0.29) is 6.42 Å². The average molecular weight is 403 g/mol. The molecule has 0 spiro atoms. The average Bonchev–Trinajstić information content (AvgIpc) is 3.32. The Bertz CT molecular complexity index is 954. The Balaban J connectivity index is 1.50. The number of aryl methyl sites for hydroxylation is 1. The SMILES string of the molecule is Cc1oc(-c2cccs2)nc1CC(=O)NNC(=O)C(C)Oc1ccc(F)cc1. The fourth-order valence-electron chi connectivity index (χ4n) is 2.30. The molecule has 7 nitrogen and oxygen atoms in total. The number of hydrogen-bond donors (Lipinski definition) is 2. The van der Waals surface area contributed by atoms with Crippen LogP contribution >= 0.6 is 11.3 Å². The van der Waals surface area contributed by atoms with Crippen molar-refractivity contribution in [1.82, 2.24) is 15.8 Å². The van der Waals surface area contributed by atoms with Crippen molar-refractivity contribution in [3.05, 3.63) is 59.0 Å². The summed E-state index contributed by atoms with van der Waals surface area (Å²) in [7, 11) is 0. The summed E-state index contributed by atoms with van der Waals surface area (Å²) in [6.45, 7) is 3.24. The lowest BCUT2D eigenvalue weighted by molar-refractivity contribution is -0.132. The number of amides is 2. The van der Waals surface area contributed by atoms with Crippen LogP contribution in [0.4, 0.5) is 4.39 Å². The van der Waals surface area contributed by atoms with E-state index in [4.69, 9.17) is 9.15 Å². The summed E-state index contributed by atoms with van der Waals surface area (Å²) in [6, 6.07) is 9.05. The number of carbonyl (C=O) groups is 2. The van der Waals surface area contributed by atoms with E-state index in [9.17, 15) is 14.0 Å². The second kappa shape index (κ2) is 8.66. The van der Waals surface area contributed by atoms with Gasteiger partial charge in [0.1, 0.15) is 17.3 Å². The number of hydrazine groups is 1. The van der Waals surface area contributed by atoms with Gasteiger partial charge in [-0.3, -0.25) is 20.4 Å². The summed E-state index contributed by atoms with van der Waals surface area (Å²) >= 11 is 1.49. The van der Waals surface area contributed by atoms with E-state index >= 15 is 0 Å². The maximum atomic E-state index is 12.9. The minimum Gasteiger partial charge on any atom is -0.481 e. The third-order valence-electron chi connectivity index (χ3n) is 3.77. The van der Waals surface area contributed by atoms with Crippen LogP contribution < -0.4 is 15.6 Å². The van der Waals surface area contributed by atoms with Crippen molar-refractivity contribution in [2.75, 3.05) is 0 Å². The number of rotatable bonds is 6. The number of nitrogens with zero attached hydrogens (tertiary/aromatic N) is 1. The van der Waals surface area contributed by atoms with Gasteiger partial charge in [-0.2, -0.15) is 0 Å². The monoisotopic (exact) mass is 403 g/mol. The first-order valence-electron chi connectivity index (χ1n) is 8.43. The predicted molar refractivity (Wildman–Crippen MR) is 101 cm³/mol. The molecule has 3 aromatic rings.